The van der Waals surface area contributed by atoms with E-state index >= 15 is 0 Å². The second-order valence-corrected chi connectivity index (χ2v) is 6.09. The van der Waals surface area contributed by atoms with Crippen molar-refractivity contribution in [3.05, 3.63) is 42.1 Å². The highest BCUT2D eigenvalue weighted by Gasteiger charge is 2.25. The van der Waals surface area contributed by atoms with Crippen LogP contribution in [0.4, 0.5) is 0 Å². The lowest BCUT2D eigenvalue weighted by Crippen LogP contribution is -2.46. The lowest BCUT2D eigenvalue weighted by Gasteiger charge is -2.32. The van der Waals surface area contributed by atoms with Crippen LogP contribution in [-0.4, -0.2) is 51.6 Å². The molecule has 1 saturated heterocycles. The number of carbonyl (C=O) groups excluding carboxylic acids is 1. The summed E-state index contributed by atoms with van der Waals surface area (Å²) >= 11 is 0. The van der Waals surface area contributed by atoms with E-state index in [-0.39, 0.29) is 18.6 Å². The fourth-order valence-electron chi connectivity index (χ4n) is 2.84. The number of likely N-dealkylation sites (tertiary alicyclic amines) is 1. The number of aromatic nitrogens is 3. The van der Waals surface area contributed by atoms with Gasteiger partial charge in [-0.1, -0.05) is 0 Å². The number of amides is 1. The Morgan fingerprint density at radius 3 is 3.00 bits per heavy atom. The molecule has 0 spiro atoms. The average molecular weight is 342 g/mol. The van der Waals surface area contributed by atoms with Gasteiger partial charge in [-0.25, -0.2) is 4.98 Å². The molecule has 7 nitrogen and oxygen atoms in total. The highest BCUT2D eigenvalue weighted by molar-refractivity contribution is 5.77. The first-order valence-corrected chi connectivity index (χ1v) is 8.40. The summed E-state index contributed by atoms with van der Waals surface area (Å²) in [6.45, 7) is 5.01. The third-order valence-corrected chi connectivity index (χ3v) is 3.96. The van der Waals surface area contributed by atoms with Crippen LogP contribution in [0.15, 0.2) is 30.6 Å². The quantitative estimate of drug-likeness (QED) is 0.826. The van der Waals surface area contributed by atoms with E-state index in [0.717, 1.165) is 25.1 Å². The van der Waals surface area contributed by atoms with Crippen LogP contribution in [0.25, 0.3) is 0 Å². The molecule has 1 aliphatic rings. The standard InChI is InChI=1S/C18H22N4O3/c1-13-9-17(21-14(2)20-13)25-16-6-4-8-22(11-16)18(23)12-24-15-5-3-7-19-10-15/h3,5,7,9-10,16H,4,6,8,11-12H2,1-2H3. The highest BCUT2D eigenvalue weighted by Crippen LogP contribution is 2.18. The molecule has 1 atom stereocenters. The van der Waals surface area contributed by atoms with E-state index in [4.69, 9.17) is 9.47 Å². The van der Waals surface area contributed by atoms with Crippen LogP contribution in [0.5, 0.6) is 11.6 Å². The summed E-state index contributed by atoms with van der Waals surface area (Å²) in [6.07, 6.45) is 4.99. The Bertz CT molecular complexity index is 703. The molecule has 3 heterocycles. The molecule has 0 N–H and O–H groups in total. The van der Waals surface area contributed by atoms with Crippen molar-refractivity contribution < 1.29 is 14.3 Å². The third-order valence-electron chi connectivity index (χ3n) is 3.96. The summed E-state index contributed by atoms with van der Waals surface area (Å²) in [5.41, 5.74) is 0.871. The van der Waals surface area contributed by atoms with Crippen LogP contribution in [-0.2, 0) is 4.79 Å². The van der Waals surface area contributed by atoms with Crippen LogP contribution in [0.2, 0.25) is 0 Å². The molecule has 0 aromatic carbocycles. The lowest BCUT2D eigenvalue weighted by atomic mass is 10.1. The Morgan fingerprint density at radius 2 is 2.24 bits per heavy atom. The molecule has 3 rings (SSSR count). The Labute approximate surface area is 147 Å². The van der Waals surface area contributed by atoms with Gasteiger partial charge in [0.1, 0.15) is 17.7 Å². The molecule has 2 aromatic heterocycles. The van der Waals surface area contributed by atoms with Gasteiger partial charge in [-0.05, 0) is 38.8 Å². The number of pyridine rings is 1. The maximum Gasteiger partial charge on any atom is 0.260 e. The zero-order chi connectivity index (χ0) is 17.6. The zero-order valence-corrected chi connectivity index (χ0v) is 14.5. The van der Waals surface area contributed by atoms with Crippen molar-refractivity contribution in [2.45, 2.75) is 32.8 Å². The first-order valence-electron chi connectivity index (χ1n) is 8.40. The van der Waals surface area contributed by atoms with Gasteiger partial charge in [-0.3, -0.25) is 9.78 Å². The second kappa shape index (κ2) is 7.92. The summed E-state index contributed by atoms with van der Waals surface area (Å²) in [7, 11) is 0. The molecule has 25 heavy (non-hydrogen) atoms. The van der Waals surface area contributed by atoms with Crippen molar-refractivity contribution in [3.8, 4) is 11.6 Å². The van der Waals surface area contributed by atoms with Crippen molar-refractivity contribution >= 4 is 5.91 Å². The summed E-state index contributed by atoms with van der Waals surface area (Å²) in [5.74, 6) is 1.79. The molecule has 7 heteroatoms. The van der Waals surface area contributed by atoms with Gasteiger partial charge in [0.15, 0.2) is 6.61 Å². The number of rotatable bonds is 5. The molecular weight excluding hydrogens is 320 g/mol. The fourth-order valence-corrected chi connectivity index (χ4v) is 2.84. The molecule has 132 valence electrons. The maximum atomic E-state index is 12.4. The summed E-state index contributed by atoms with van der Waals surface area (Å²) in [6, 6.07) is 5.37. The molecule has 0 bridgehead atoms. The second-order valence-electron chi connectivity index (χ2n) is 6.09. The van der Waals surface area contributed by atoms with Crippen molar-refractivity contribution in [1.82, 2.24) is 19.9 Å². The van der Waals surface area contributed by atoms with Crippen molar-refractivity contribution in [2.24, 2.45) is 0 Å². The monoisotopic (exact) mass is 342 g/mol. The third kappa shape index (κ3) is 4.89. The maximum absolute atomic E-state index is 12.4. The normalized spacial score (nSPS) is 17.2. The molecule has 1 aliphatic heterocycles. The Hall–Kier alpha value is -2.70. The lowest BCUT2D eigenvalue weighted by molar-refractivity contribution is -0.136. The van der Waals surface area contributed by atoms with E-state index in [9.17, 15) is 4.79 Å². The number of carbonyl (C=O) groups is 1. The zero-order valence-electron chi connectivity index (χ0n) is 14.5. The minimum absolute atomic E-state index is 0.00410. The minimum atomic E-state index is -0.0650. The van der Waals surface area contributed by atoms with E-state index in [0.29, 0.717) is 24.0 Å². The predicted octanol–water partition coefficient (Wildman–Crippen LogP) is 1.94. The van der Waals surface area contributed by atoms with Crippen molar-refractivity contribution in [2.75, 3.05) is 19.7 Å². The number of piperidine rings is 1. The van der Waals surface area contributed by atoms with Gasteiger partial charge in [0, 0.05) is 24.5 Å². The van der Waals surface area contributed by atoms with E-state index in [1.807, 2.05) is 19.9 Å². The van der Waals surface area contributed by atoms with Crippen LogP contribution in [0, 0.1) is 13.8 Å². The molecule has 1 fully saturated rings. The van der Waals surface area contributed by atoms with Gasteiger partial charge < -0.3 is 14.4 Å². The predicted molar refractivity (Wildman–Crippen MR) is 91.5 cm³/mol. The largest absolute Gasteiger partial charge is 0.482 e. The van der Waals surface area contributed by atoms with Gasteiger partial charge in [-0.15, -0.1) is 0 Å². The molecule has 1 amide bonds. The number of ether oxygens (including phenoxy) is 2. The smallest absolute Gasteiger partial charge is 0.260 e. The molecule has 0 radical (unpaired) electrons. The molecular formula is C18H22N4O3. The minimum Gasteiger partial charge on any atom is -0.482 e. The SMILES string of the molecule is Cc1cc(OC2CCCN(C(=O)COc3cccnc3)C2)nc(C)n1. The fraction of sp³-hybridized carbons (Fsp3) is 0.444. The number of nitrogens with zero attached hydrogens (tertiary/aromatic N) is 4. The summed E-state index contributed by atoms with van der Waals surface area (Å²) < 4.78 is 11.5. The van der Waals surface area contributed by atoms with Crippen LogP contribution >= 0.6 is 0 Å². The van der Waals surface area contributed by atoms with E-state index < -0.39 is 0 Å². The van der Waals surface area contributed by atoms with Crippen molar-refractivity contribution in [1.29, 1.82) is 0 Å². The number of aryl methyl sites for hydroxylation is 2. The highest BCUT2D eigenvalue weighted by atomic mass is 16.5. The van der Waals surface area contributed by atoms with Gasteiger partial charge in [0.25, 0.3) is 5.91 Å². The average Bonchev–Trinajstić information content (AvgIpc) is 2.60. The van der Waals surface area contributed by atoms with E-state index in [2.05, 4.69) is 15.0 Å². The van der Waals surface area contributed by atoms with E-state index in [1.165, 1.54) is 0 Å². The van der Waals surface area contributed by atoms with Gasteiger partial charge in [0.2, 0.25) is 5.88 Å². The molecule has 0 saturated carbocycles. The molecule has 0 aliphatic carbocycles. The van der Waals surface area contributed by atoms with Gasteiger partial charge in [0.05, 0.1) is 12.7 Å². The Balaban J connectivity index is 1.54. The Kier molecular flexibility index (Phi) is 5.42. The summed E-state index contributed by atoms with van der Waals surface area (Å²) in [5, 5.41) is 0. The Morgan fingerprint density at radius 1 is 1.36 bits per heavy atom. The van der Waals surface area contributed by atoms with Crippen LogP contribution in [0.3, 0.4) is 0 Å². The van der Waals surface area contributed by atoms with Crippen LogP contribution in [0.1, 0.15) is 24.4 Å². The van der Waals surface area contributed by atoms with Gasteiger partial charge in [-0.2, -0.15) is 4.98 Å². The van der Waals surface area contributed by atoms with Gasteiger partial charge >= 0.3 is 0 Å². The van der Waals surface area contributed by atoms with E-state index in [1.54, 1.807) is 29.4 Å². The molecule has 1 unspecified atom stereocenters. The van der Waals surface area contributed by atoms with Crippen molar-refractivity contribution in [3.63, 3.8) is 0 Å². The number of hydrogen-bond acceptors (Lipinski definition) is 6. The first-order chi connectivity index (χ1) is 12.1. The summed E-state index contributed by atoms with van der Waals surface area (Å²) in [4.78, 5) is 26.7. The first kappa shape index (κ1) is 17.1. The molecule has 2 aromatic rings. The van der Waals surface area contributed by atoms with Crippen LogP contribution < -0.4 is 9.47 Å². The topological polar surface area (TPSA) is 77.4 Å². The number of hydrogen-bond donors (Lipinski definition) is 0.